The molecule has 238 valence electrons. The number of ether oxygens (including phenoxy) is 1. The highest BCUT2D eigenvalue weighted by Gasteiger charge is 2.34. The zero-order valence-electron chi connectivity index (χ0n) is 24.7. The molecule has 3 aromatic rings. The van der Waals surface area contributed by atoms with E-state index in [1.807, 2.05) is 0 Å². The molecule has 45 heavy (non-hydrogen) atoms. The average molecular weight is 624 g/mol. The summed E-state index contributed by atoms with van der Waals surface area (Å²) in [6.07, 6.45) is -1.33. The third-order valence-corrected chi connectivity index (χ3v) is 8.25. The number of hydrazone groups is 1. The highest BCUT2D eigenvalue weighted by Crippen LogP contribution is 2.39. The summed E-state index contributed by atoms with van der Waals surface area (Å²) < 4.78 is 46.5. The van der Waals surface area contributed by atoms with Crippen molar-refractivity contribution in [2.75, 3.05) is 19.0 Å². The van der Waals surface area contributed by atoms with Crippen LogP contribution >= 0.6 is 0 Å². The number of hydrogen-bond acceptors (Lipinski definition) is 8. The van der Waals surface area contributed by atoms with Crippen molar-refractivity contribution in [1.29, 1.82) is 0 Å². The van der Waals surface area contributed by atoms with Gasteiger partial charge in [-0.15, -0.1) is 10.6 Å². The highest BCUT2D eigenvalue weighted by atomic mass is 19.4. The maximum absolute atomic E-state index is 13.8. The number of anilines is 1. The van der Waals surface area contributed by atoms with Crippen LogP contribution in [0.4, 0.5) is 18.9 Å². The Kier molecular flexibility index (Phi) is 9.89. The predicted octanol–water partition coefficient (Wildman–Crippen LogP) is 4.09. The first-order valence-corrected chi connectivity index (χ1v) is 14.7. The molecule has 0 radical (unpaired) electrons. The quantitative estimate of drug-likeness (QED) is 0.200. The van der Waals surface area contributed by atoms with Crippen molar-refractivity contribution in [2.45, 2.75) is 44.3 Å². The van der Waals surface area contributed by atoms with Crippen LogP contribution < -0.4 is 37.6 Å². The van der Waals surface area contributed by atoms with Gasteiger partial charge in [0.1, 0.15) is 11.8 Å². The van der Waals surface area contributed by atoms with E-state index in [1.54, 1.807) is 48.5 Å². The van der Waals surface area contributed by atoms with Gasteiger partial charge >= 0.3 is 6.18 Å². The van der Waals surface area contributed by atoms with Gasteiger partial charge in [-0.2, -0.15) is 13.2 Å². The van der Waals surface area contributed by atoms with E-state index in [9.17, 15) is 22.8 Å². The second-order valence-corrected chi connectivity index (χ2v) is 11.2. The second kappa shape index (κ2) is 14.0. The van der Waals surface area contributed by atoms with Crippen LogP contribution in [0.5, 0.6) is 5.75 Å². The minimum Gasteiger partial charge on any atom is -0.497 e. The molecule has 5 rings (SSSR count). The number of methoxy groups -OCH3 is 1. The summed E-state index contributed by atoms with van der Waals surface area (Å²) in [6, 6.07) is 16.4. The summed E-state index contributed by atoms with van der Waals surface area (Å²) in [5.74, 6) is 0.262. The van der Waals surface area contributed by atoms with Crippen LogP contribution in [0.15, 0.2) is 71.8 Å². The molecular weight excluding hydrogens is 587 g/mol. The van der Waals surface area contributed by atoms with Crippen LogP contribution in [0.25, 0.3) is 11.1 Å². The average Bonchev–Trinajstić information content (AvgIpc) is 3.60. The van der Waals surface area contributed by atoms with Crippen LogP contribution in [0.2, 0.25) is 0 Å². The van der Waals surface area contributed by atoms with Gasteiger partial charge in [0.15, 0.2) is 5.84 Å². The van der Waals surface area contributed by atoms with Crippen molar-refractivity contribution in [2.24, 2.45) is 22.7 Å². The minimum atomic E-state index is -4.58. The maximum atomic E-state index is 13.8. The van der Waals surface area contributed by atoms with E-state index in [2.05, 4.69) is 32.2 Å². The second-order valence-electron chi connectivity index (χ2n) is 11.2. The van der Waals surface area contributed by atoms with E-state index in [4.69, 9.17) is 10.5 Å². The summed E-state index contributed by atoms with van der Waals surface area (Å²) >= 11 is 0. The van der Waals surface area contributed by atoms with Gasteiger partial charge in [0.25, 0.3) is 0 Å². The lowest BCUT2D eigenvalue weighted by Gasteiger charge is -2.28. The number of nitrogens with two attached hydrogens (primary N) is 1. The Morgan fingerprint density at radius 1 is 1.00 bits per heavy atom. The van der Waals surface area contributed by atoms with Gasteiger partial charge in [-0.3, -0.25) is 15.0 Å². The van der Waals surface area contributed by atoms with Gasteiger partial charge in [-0.25, -0.2) is 5.53 Å². The number of amides is 2. The number of benzene rings is 3. The number of halogens is 3. The number of hydrazine groups is 2. The Bertz CT molecular complexity index is 1520. The van der Waals surface area contributed by atoms with Crippen molar-refractivity contribution in [1.82, 2.24) is 21.8 Å². The van der Waals surface area contributed by atoms with Crippen molar-refractivity contribution in [3.63, 3.8) is 0 Å². The molecule has 2 aliphatic rings. The van der Waals surface area contributed by atoms with Gasteiger partial charge in [-0.05, 0) is 91.2 Å². The molecule has 7 N–H and O–H groups in total. The number of nitrogens with zero attached hydrogens (tertiary/aromatic N) is 1. The number of carbonyl (C=O) groups excluding carboxylic acids is 2. The van der Waals surface area contributed by atoms with Crippen LogP contribution in [0, 0.1) is 11.8 Å². The summed E-state index contributed by atoms with van der Waals surface area (Å²) in [4.78, 5) is 26.8. The third-order valence-electron chi connectivity index (χ3n) is 8.25. The Morgan fingerprint density at radius 2 is 1.69 bits per heavy atom. The fourth-order valence-electron chi connectivity index (χ4n) is 5.63. The third kappa shape index (κ3) is 7.91. The fraction of sp³-hybridized carbons (Fsp3) is 0.344. The Hall–Kier alpha value is -4.62. The van der Waals surface area contributed by atoms with E-state index < -0.39 is 23.7 Å². The molecule has 10 nitrogen and oxygen atoms in total. The zero-order chi connectivity index (χ0) is 32.0. The van der Waals surface area contributed by atoms with Gasteiger partial charge in [0, 0.05) is 23.6 Å². The first kappa shape index (κ1) is 31.8. The number of rotatable bonds is 10. The van der Waals surface area contributed by atoms with Crippen molar-refractivity contribution < 1.29 is 27.5 Å². The molecule has 1 fully saturated rings. The molecule has 1 heterocycles. The molecule has 1 saturated carbocycles. The molecule has 3 aromatic carbocycles. The smallest absolute Gasteiger partial charge is 0.417 e. The predicted molar refractivity (Wildman–Crippen MR) is 165 cm³/mol. The van der Waals surface area contributed by atoms with Crippen molar-refractivity contribution in [3.8, 4) is 16.9 Å². The van der Waals surface area contributed by atoms with Crippen LogP contribution in [-0.4, -0.2) is 37.3 Å². The van der Waals surface area contributed by atoms with E-state index in [0.29, 0.717) is 48.0 Å². The standard InChI is InChI=1S/C32H36F3N7O3/c1-45-25-14-15-26(27(17-25)32(33,34)35)21-6-2-19(3-7-21)16-28(38-30(43)23-8-4-20(18-36)5-9-23)31(44)37-24-12-10-22(11-13-24)29-39-41-42-40-29/h2-3,6-7,10-15,17,20,23,28,41-42H,4-5,8-9,16,18,36H2,1H3,(H,37,44)(H,38,43)(H,39,40). The topological polar surface area (TPSA) is 142 Å². The lowest BCUT2D eigenvalue weighted by Crippen LogP contribution is -2.48. The van der Waals surface area contributed by atoms with Gasteiger partial charge in [-0.1, -0.05) is 30.3 Å². The summed E-state index contributed by atoms with van der Waals surface area (Å²) in [5.41, 5.74) is 15.5. The largest absolute Gasteiger partial charge is 0.497 e. The molecule has 1 aliphatic carbocycles. The molecule has 13 heteroatoms. The number of carbonyl (C=O) groups is 2. The van der Waals surface area contributed by atoms with Gasteiger partial charge in [0.2, 0.25) is 11.8 Å². The Labute approximate surface area is 258 Å². The van der Waals surface area contributed by atoms with Crippen LogP contribution in [0.1, 0.15) is 42.4 Å². The van der Waals surface area contributed by atoms with Gasteiger partial charge < -0.3 is 21.1 Å². The summed E-state index contributed by atoms with van der Waals surface area (Å²) in [5, 5.41) is 9.87. The molecule has 0 spiro atoms. The molecular formula is C32H36F3N7O3. The van der Waals surface area contributed by atoms with E-state index in [-0.39, 0.29) is 29.6 Å². The first-order chi connectivity index (χ1) is 21.6. The molecule has 0 saturated heterocycles. The first-order valence-electron chi connectivity index (χ1n) is 14.7. The van der Waals surface area contributed by atoms with Crippen molar-refractivity contribution in [3.05, 3.63) is 83.4 Å². The van der Waals surface area contributed by atoms with Crippen LogP contribution in [-0.2, 0) is 22.2 Å². The molecule has 0 aromatic heterocycles. The highest BCUT2D eigenvalue weighted by molar-refractivity contribution is 6.00. The molecule has 0 bridgehead atoms. The molecule has 1 aliphatic heterocycles. The number of amidine groups is 1. The Balaban J connectivity index is 1.33. The molecule has 1 atom stereocenters. The van der Waals surface area contributed by atoms with Gasteiger partial charge in [0.05, 0.1) is 12.7 Å². The Morgan fingerprint density at radius 3 is 2.29 bits per heavy atom. The van der Waals surface area contributed by atoms with Crippen molar-refractivity contribution >= 4 is 23.3 Å². The number of alkyl halides is 3. The van der Waals surface area contributed by atoms with E-state index in [0.717, 1.165) is 24.5 Å². The monoisotopic (exact) mass is 623 g/mol. The summed E-state index contributed by atoms with van der Waals surface area (Å²) in [7, 11) is 1.31. The van der Waals surface area contributed by atoms with E-state index in [1.165, 1.54) is 19.2 Å². The minimum absolute atomic E-state index is 0.0132. The number of hydrogen-bond donors (Lipinski definition) is 6. The molecule has 2 amide bonds. The SMILES string of the molecule is COc1ccc(-c2ccc(CC(NC(=O)C3CCC(CN)CC3)C(=O)Nc3ccc(C4=NNNN4)cc3)cc2)c(C(F)(F)F)c1. The lowest BCUT2D eigenvalue weighted by atomic mass is 9.81. The normalized spacial score (nSPS) is 18.6. The lowest BCUT2D eigenvalue weighted by molar-refractivity contribution is -0.137. The zero-order valence-corrected chi connectivity index (χ0v) is 24.7. The summed E-state index contributed by atoms with van der Waals surface area (Å²) in [6.45, 7) is 0.589. The van der Waals surface area contributed by atoms with Crippen LogP contribution in [0.3, 0.4) is 0 Å². The fourth-order valence-corrected chi connectivity index (χ4v) is 5.63. The number of nitrogens with one attached hydrogen (secondary N) is 5. The maximum Gasteiger partial charge on any atom is 0.417 e. The van der Waals surface area contributed by atoms with E-state index >= 15 is 0 Å². The molecule has 1 unspecified atom stereocenters.